The number of anilines is 1. The molecule has 1 aromatic heterocycles. The molecular formula is C18H15ClN2O3. The predicted octanol–water partition coefficient (Wildman–Crippen LogP) is 3.84. The lowest BCUT2D eigenvalue weighted by Gasteiger charge is -2.09. The number of nitrogens with zero attached hydrogens (tertiary/aromatic N) is 1. The van der Waals surface area contributed by atoms with E-state index in [1.54, 1.807) is 10.8 Å². The van der Waals surface area contributed by atoms with Crippen LogP contribution in [0.25, 0.3) is 10.9 Å². The molecule has 0 spiro atoms. The number of rotatable bonds is 4. The summed E-state index contributed by atoms with van der Waals surface area (Å²) in [4.78, 5) is 24.1. The van der Waals surface area contributed by atoms with Crippen LogP contribution >= 0.6 is 11.6 Å². The number of phenolic OH excluding ortho intramolecular Hbond substituents is 1. The lowest BCUT2D eigenvalue weighted by molar-refractivity contribution is -0.116. The number of amides is 1. The molecule has 3 aromatic rings. The van der Waals surface area contributed by atoms with Crippen molar-refractivity contribution in [3.8, 4) is 5.75 Å². The molecule has 2 N–H and O–H groups in total. The summed E-state index contributed by atoms with van der Waals surface area (Å²) in [5, 5.41) is 13.6. The van der Waals surface area contributed by atoms with E-state index >= 15 is 0 Å². The van der Waals surface area contributed by atoms with Crippen molar-refractivity contribution in [2.75, 3.05) is 5.32 Å². The molecule has 0 fully saturated rings. The quantitative estimate of drug-likeness (QED) is 0.559. The van der Waals surface area contributed by atoms with Gasteiger partial charge in [0.05, 0.1) is 5.69 Å². The molecule has 1 amide bonds. The Morgan fingerprint density at radius 2 is 1.96 bits per heavy atom. The molecule has 3 rings (SSSR count). The van der Waals surface area contributed by atoms with Gasteiger partial charge in [-0.15, -0.1) is 0 Å². The van der Waals surface area contributed by atoms with Crippen LogP contribution < -0.4 is 5.32 Å². The average molecular weight is 343 g/mol. The van der Waals surface area contributed by atoms with Crippen molar-refractivity contribution >= 4 is 39.9 Å². The Morgan fingerprint density at radius 1 is 1.21 bits per heavy atom. The van der Waals surface area contributed by atoms with Gasteiger partial charge in [-0.1, -0.05) is 29.8 Å². The highest BCUT2D eigenvalue weighted by atomic mass is 35.5. The van der Waals surface area contributed by atoms with Gasteiger partial charge in [0.25, 0.3) is 0 Å². The molecule has 5 nitrogen and oxygen atoms in total. The minimum atomic E-state index is -0.330. The molecule has 0 bridgehead atoms. The van der Waals surface area contributed by atoms with Crippen LogP contribution in [0.3, 0.4) is 0 Å². The van der Waals surface area contributed by atoms with Crippen LogP contribution in [0.5, 0.6) is 5.75 Å². The minimum Gasteiger partial charge on any atom is -0.506 e. The number of phenols is 1. The molecular weight excluding hydrogens is 328 g/mol. The largest absolute Gasteiger partial charge is 0.506 e. The summed E-state index contributed by atoms with van der Waals surface area (Å²) < 4.78 is 1.71. The van der Waals surface area contributed by atoms with Crippen molar-refractivity contribution in [1.82, 2.24) is 4.57 Å². The van der Waals surface area contributed by atoms with E-state index in [-0.39, 0.29) is 29.7 Å². The summed E-state index contributed by atoms with van der Waals surface area (Å²) in [6, 6.07) is 11.8. The van der Waals surface area contributed by atoms with E-state index in [1.165, 1.54) is 25.1 Å². The number of carbonyl (C=O) groups is 2. The fourth-order valence-corrected chi connectivity index (χ4v) is 2.78. The monoisotopic (exact) mass is 342 g/mol. The molecule has 0 aliphatic rings. The molecule has 2 aromatic carbocycles. The number of aromatic hydroxyl groups is 1. The Labute approximate surface area is 143 Å². The number of benzene rings is 2. The van der Waals surface area contributed by atoms with E-state index in [4.69, 9.17) is 11.6 Å². The van der Waals surface area contributed by atoms with Crippen molar-refractivity contribution in [3.05, 3.63) is 59.2 Å². The second-order valence-electron chi connectivity index (χ2n) is 5.45. The minimum absolute atomic E-state index is 0.0136. The highest BCUT2D eigenvalue weighted by molar-refractivity contribution is 6.31. The van der Waals surface area contributed by atoms with Crippen LogP contribution in [0, 0.1) is 0 Å². The third kappa shape index (κ3) is 3.12. The Hall–Kier alpha value is -2.79. The van der Waals surface area contributed by atoms with Gasteiger partial charge in [-0.25, -0.2) is 0 Å². The predicted molar refractivity (Wildman–Crippen MR) is 93.7 cm³/mol. The summed E-state index contributed by atoms with van der Waals surface area (Å²) in [6.07, 6.45) is 1.67. The van der Waals surface area contributed by atoms with Gasteiger partial charge < -0.3 is 15.0 Å². The zero-order valence-electron chi connectivity index (χ0n) is 12.9. The smallest absolute Gasteiger partial charge is 0.244 e. The molecule has 0 atom stereocenters. The van der Waals surface area contributed by atoms with Crippen molar-refractivity contribution < 1.29 is 14.7 Å². The third-order valence-corrected chi connectivity index (χ3v) is 3.95. The highest BCUT2D eigenvalue weighted by Crippen LogP contribution is 2.27. The number of carbonyl (C=O) groups excluding carboxylic acids is 2. The van der Waals surface area contributed by atoms with Gasteiger partial charge >= 0.3 is 0 Å². The molecule has 0 aliphatic heterocycles. The summed E-state index contributed by atoms with van der Waals surface area (Å²) in [5.74, 6) is -0.448. The second kappa shape index (κ2) is 6.37. The number of nitrogens with one attached hydrogen (secondary N) is 1. The van der Waals surface area contributed by atoms with Crippen molar-refractivity contribution in [2.24, 2.45) is 0 Å². The Kier molecular flexibility index (Phi) is 4.27. The first-order chi connectivity index (χ1) is 11.5. The Bertz CT molecular complexity index is 947. The van der Waals surface area contributed by atoms with E-state index in [0.717, 1.165) is 10.9 Å². The third-order valence-electron chi connectivity index (χ3n) is 3.71. The number of halogens is 1. The number of hydrogen-bond acceptors (Lipinski definition) is 3. The van der Waals surface area contributed by atoms with Crippen molar-refractivity contribution in [3.63, 3.8) is 0 Å². The number of ketones is 1. The van der Waals surface area contributed by atoms with Crippen LogP contribution in [0.15, 0.2) is 48.7 Å². The fourth-order valence-electron chi connectivity index (χ4n) is 2.61. The highest BCUT2D eigenvalue weighted by Gasteiger charge is 2.14. The molecule has 6 heteroatoms. The van der Waals surface area contributed by atoms with E-state index in [0.29, 0.717) is 10.6 Å². The van der Waals surface area contributed by atoms with E-state index < -0.39 is 0 Å². The van der Waals surface area contributed by atoms with Gasteiger partial charge in [-0.05, 0) is 31.2 Å². The SMILES string of the molecule is CC(=O)c1cn(CC(=O)Nc2cc(Cl)ccc2O)c2ccccc12. The van der Waals surface area contributed by atoms with Crippen molar-refractivity contribution in [2.45, 2.75) is 13.5 Å². The average Bonchev–Trinajstić information content (AvgIpc) is 2.90. The van der Waals surface area contributed by atoms with Crippen LogP contribution in [0.2, 0.25) is 5.02 Å². The summed E-state index contributed by atoms with van der Waals surface area (Å²) in [5.41, 5.74) is 1.62. The van der Waals surface area contributed by atoms with E-state index in [1.807, 2.05) is 24.3 Å². The van der Waals surface area contributed by atoms with Gasteiger partial charge in [0.2, 0.25) is 5.91 Å². The second-order valence-corrected chi connectivity index (χ2v) is 5.89. The number of para-hydroxylation sites is 1. The molecule has 1 heterocycles. The van der Waals surface area contributed by atoms with Gasteiger partial charge in [0, 0.05) is 27.7 Å². The molecule has 0 aliphatic carbocycles. The number of hydrogen-bond donors (Lipinski definition) is 2. The normalized spacial score (nSPS) is 10.8. The molecule has 0 radical (unpaired) electrons. The standard InChI is InChI=1S/C18H15ClN2O3/c1-11(22)14-9-21(16-5-3-2-4-13(14)16)10-18(24)20-15-8-12(19)6-7-17(15)23/h2-9,23H,10H2,1H3,(H,20,24). The topological polar surface area (TPSA) is 71.3 Å². The molecule has 0 saturated heterocycles. The zero-order chi connectivity index (χ0) is 17.3. The summed E-state index contributed by atoms with van der Waals surface area (Å²) in [7, 11) is 0. The molecule has 122 valence electrons. The summed E-state index contributed by atoms with van der Waals surface area (Å²) >= 11 is 5.87. The van der Waals surface area contributed by atoms with Crippen LogP contribution in [-0.2, 0) is 11.3 Å². The number of aromatic nitrogens is 1. The molecule has 0 unspecified atom stereocenters. The number of Topliss-reactive ketones (excluding diaryl/α,β-unsaturated/α-hetero) is 1. The van der Waals surface area contributed by atoms with Crippen molar-refractivity contribution in [1.29, 1.82) is 0 Å². The summed E-state index contributed by atoms with van der Waals surface area (Å²) in [6.45, 7) is 1.51. The van der Waals surface area contributed by atoms with Crippen LogP contribution in [-0.4, -0.2) is 21.4 Å². The lowest BCUT2D eigenvalue weighted by atomic mass is 10.1. The Balaban J connectivity index is 1.88. The molecule has 24 heavy (non-hydrogen) atoms. The van der Waals surface area contributed by atoms with Gasteiger partial charge in [0.15, 0.2) is 5.78 Å². The van der Waals surface area contributed by atoms with Crippen LogP contribution in [0.1, 0.15) is 17.3 Å². The number of fused-ring (bicyclic) bond motifs is 1. The van der Waals surface area contributed by atoms with E-state index in [9.17, 15) is 14.7 Å². The Morgan fingerprint density at radius 3 is 2.71 bits per heavy atom. The van der Waals surface area contributed by atoms with E-state index in [2.05, 4.69) is 5.32 Å². The lowest BCUT2D eigenvalue weighted by Crippen LogP contribution is -2.18. The first-order valence-electron chi connectivity index (χ1n) is 7.33. The fraction of sp³-hybridized carbons (Fsp3) is 0.111. The van der Waals surface area contributed by atoms with Gasteiger partial charge in [0.1, 0.15) is 12.3 Å². The first kappa shape index (κ1) is 16.1. The maximum absolute atomic E-state index is 12.3. The maximum atomic E-state index is 12.3. The van der Waals surface area contributed by atoms with Gasteiger partial charge in [-0.3, -0.25) is 9.59 Å². The molecule has 0 saturated carbocycles. The zero-order valence-corrected chi connectivity index (χ0v) is 13.7. The first-order valence-corrected chi connectivity index (χ1v) is 7.70. The van der Waals surface area contributed by atoms with Gasteiger partial charge in [-0.2, -0.15) is 0 Å². The van der Waals surface area contributed by atoms with Crippen LogP contribution in [0.4, 0.5) is 5.69 Å². The maximum Gasteiger partial charge on any atom is 0.244 e.